The van der Waals surface area contributed by atoms with E-state index in [2.05, 4.69) is 20.6 Å². The lowest BCUT2D eigenvalue weighted by atomic mass is 9.97. The number of amides is 2. The van der Waals surface area contributed by atoms with Crippen LogP contribution in [-0.2, 0) is 22.4 Å². The molecule has 0 aliphatic carbocycles. The van der Waals surface area contributed by atoms with E-state index >= 15 is 0 Å². The molecule has 0 radical (unpaired) electrons. The molecular weight excluding hydrogens is 548 g/mol. The van der Waals surface area contributed by atoms with Crippen LogP contribution in [0.3, 0.4) is 0 Å². The van der Waals surface area contributed by atoms with Gasteiger partial charge >= 0.3 is 0 Å². The van der Waals surface area contributed by atoms with Gasteiger partial charge in [0.25, 0.3) is 0 Å². The quantitative estimate of drug-likeness (QED) is 0.114. The molecule has 0 saturated carbocycles. The first-order chi connectivity index (χ1) is 20.1. The number of hydrogen-bond donors (Lipinski definition) is 3. The van der Waals surface area contributed by atoms with Crippen LogP contribution in [0.1, 0.15) is 37.5 Å². The summed E-state index contributed by atoms with van der Waals surface area (Å²) >= 11 is 0. The van der Waals surface area contributed by atoms with Crippen LogP contribution in [-0.4, -0.2) is 23.0 Å². The zero-order valence-corrected chi connectivity index (χ0v) is 23.1. The minimum atomic E-state index is -0.790. The molecule has 2 amide bonds. The van der Waals surface area contributed by atoms with Crippen molar-refractivity contribution in [3.05, 3.63) is 118 Å². The third-order valence-electron chi connectivity index (χ3n) is 6.35. The standard InChI is InChI=1S/C32H28F4N4O2/c1-4-25(20-6-8-27(36)29(13-20)39-18(3)41)32(37-5-2)30(12-19-10-23(34)15-24(35)11-19)40-31(42)14-21-17-38-28-9-7-22(33)16-26(21)28/h4-11,13,15-17,38H,12,14H2,1-3H3,(H,39,41)(H,40,42)/b25-4-,32-30-,37-5?. The number of benzene rings is 3. The monoisotopic (exact) mass is 576 g/mol. The van der Waals surface area contributed by atoms with Crippen LogP contribution in [0.4, 0.5) is 23.2 Å². The topological polar surface area (TPSA) is 86.3 Å². The van der Waals surface area contributed by atoms with Gasteiger partial charge in [-0.05, 0) is 73.0 Å². The number of carbonyl (C=O) groups is 2. The Bertz CT molecular complexity index is 1730. The Morgan fingerprint density at radius 3 is 2.31 bits per heavy atom. The van der Waals surface area contributed by atoms with Gasteiger partial charge < -0.3 is 15.6 Å². The van der Waals surface area contributed by atoms with Gasteiger partial charge in [-0.1, -0.05) is 12.1 Å². The summed E-state index contributed by atoms with van der Waals surface area (Å²) in [5.74, 6) is -3.62. The van der Waals surface area contributed by atoms with Crippen LogP contribution < -0.4 is 10.6 Å². The maximum absolute atomic E-state index is 14.4. The number of anilines is 1. The van der Waals surface area contributed by atoms with E-state index in [0.717, 1.165) is 18.2 Å². The lowest BCUT2D eigenvalue weighted by Gasteiger charge is -2.18. The highest BCUT2D eigenvalue weighted by Crippen LogP contribution is 2.31. The van der Waals surface area contributed by atoms with Gasteiger partial charge in [0.1, 0.15) is 23.3 Å². The number of aromatic amines is 1. The summed E-state index contributed by atoms with van der Waals surface area (Å²) in [7, 11) is 0. The number of aliphatic imine (C=N–C) groups is 1. The molecule has 4 aromatic rings. The average Bonchev–Trinajstić information content (AvgIpc) is 3.30. The maximum atomic E-state index is 14.4. The summed E-state index contributed by atoms with van der Waals surface area (Å²) in [6.45, 7) is 4.62. The molecule has 0 unspecified atom stereocenters. The third kappa shape index (κ3) is 7.20. The lowest BCUT2D eigenvalue weighted by Crippen LogP contribution is -2.27. The van der Waals surface area contributed by atoms with Crippen LogP contribution in [0.2, 0.25) is 0 Å². The highest BCUT2D eigenvalue weighted by Gasteiger charge is 2.19. The van der Waals surface area contributed by atoms with E-state index in [1.165, 1.54) is 43.5 Å². The number of nitrogens with one attached hydrogen (secondary N) is 3. The Kier molecular flexibility index (Phi) is 9.36. The third-order valence-corrected chi connectivity index (χ3v) is 6.35. The van der Waals surface area contributed by atoms with Crippen molar-refractivity contribution in [2.24, 2.45) is 4.99 Å². The molecule has 42 heavy (non-hydrogen) atoms. The fourth-order valence-corrected chi connectivity index (χ4v) is 4.64. The summed E-state index contributed by atoms with van der Waals surface area (Å²) < 4.78 is 56.5. The Labute approximate surface area is 239 Å². The molecule has 0 aliphatic rings. The smallest absolute Gasteiger partial charge is 0.228 e. The van der Waals surface area contributed by atoms with E-state index in [0.29, 0.717) is 27.6 Å². The van der Waals surface area contributed by atoms with Crippen LogP contribution in [0.25, 0.3) is 16.5 Å². The molecule has 0 saturated heterocycles. The Morgan fingerprint density at radius 2 is 1.64 bits per heavy atom. The Hall–Kier alpha value is -4.99. The van der Waals surface area contributed by atoms with Crippen LogP contribution >= 0.6 is 0 Å². The van der Waals surface area contributed by atoms with E-state index in [9.17, 15) is 27.2 Å². The minimum Gasteiger partial charge on any atom is -0.361 e. The normalized spacial score (nSPS) is 12.5. The summed E-state index contributed by atoms with van der Waals surface area (Å²) in [6.07, 6.45) is 4.53. The van der Waals surface area contributed by atoms with Crippen molar-refractivity contribution < 1.29 is 27.2 Å². The van der Waals surface area contributed by atoms with Gasteiger partial charge in [-0.25, -0.2) is 17.6 Å². The van der Waals surface area contributed by atoms with Gasteiger partial charge in [0.15, 0.2) is 0 Å². The van der Waals surface area contributed by atoms with E-state index in [1.807, 2.05) is 0 Å². The Morgan fingerprint density at radius 1 is 0.905 bits per heavy atom. The fourth-order valence-electron chi connectivity index (χ4n) is 4.64. The van der Waals surface area contributed by atoms with Gasteiger partial charge in [-0.15, -0.1) is 0 Å². The highest BCUT2D eigenvalue weighted by atomic mass is 19.1. The van der Waals surface area contributed by atoms with Crippen LogP contribution in [0, 0.1) is 23.3 Å². The molecule has 6 nitrogen and oxygen atoms in total. The number of halogens is 4. The van der Waals surface area contributed by atoms with Crippen LogP contribution in [0.15, 0.2) is 83.3 Å². The molecule has 0 bridgehead atoms. The van der Waals surface area contributed by atoms with Crippen molar-refractivity contribution in [2.45, 2.75) is 33.6 Å². The van der Waals surface area contributed by atoms with Gasteiger partial charge in [0, 0.05) is 54.0 Å². The molecule has 216 valence electrons. The van der Waals surface area contributed by atoms with E-state index in [-0.39, 0.29) is 35.5 Å². The molecule has 0 fully saturated rings. The molecular formula is C32H28F4N4O2. The molecule has 0 atom stereocenters. The number of H-pyrrole nitrogens is 1. The largest absolute Gasteiger partial charge is 0.361 e. The molecule has 1 heterocycles. The summed E-state index contributed by atoms with van der Waals surface area (Å²) in [6, 6.07) is 11.3. The van der Waals surface area contributed by atoms with Gasteiger partial charge in [-0.2, -0.15) is 0 Å². The number of allylic oxidation sites excluding steroid dienone is 3. The SMILES string of the molecule is CC=NC(/C(=C\C)c1ccc(F)c(NC(C)=O)c1)=C(/Cc1cc(F)cc(F)c1)NC(=O)Cc1c[nH]c2ccc(F)cc12. The van der Waals surface area contributed by atoms with Crippen molar-refractivity contribution >= 4 is 40.2 Å². The molecule has 0 spiro atoms. The second-order valence-corrected chi connectivity index (χ2v) is 9.48. The summed E-state index contributed by atoms with van der Waals surface area (Å²) in [5, 5.41) is 5.82. The average molecular weight is 577 g/mol. The van der Waals surface area contributed by atoms with E-state index in [1.54, 1.807) is 32.2 Å². The molecule has 3 aromatic carbocycles. The predicted molar refractivity (Wildman–Crippen MR) is 156 cm³/mol. The lowest BCUT2D eigenvalue weighted by molar-refractivity contribution is -0.119. The summed E-state index contributed by atoms with van der Waals surface area (Å²) in [5.41, 5.74) is 2.77. The zero-order chi connectivity index (χ0) is 30.4. The highest BCUT2D eigenvalue weighted by molar-refractivity contribution is 5.92. The second kappa shape index (κ2) is 13.1. The number of hydrogen-bond acceptors (Lipinski definition) is 3. The zero-order valence-electron chi connectivity index (χ0n) is 23.1. The number of nitrogens with zero attached hydrogens (tertiary/aromatic N) is 1. The van der Waals surface area contributed by atoms with Crippen molar-refractivity contribution in [3.63, 3.8) is 0 Å². The van der Waals surface area contributed by atoms with Crippen molar-refractivity contribution in [3.8, 4) is 0 Å². The molecule has 1 aromatic heterocycles. The molecule has 4 rings (SSSR count). The Balaban J connectivity index is 1.80. The first-order valence-electron chi connectivity index (χ1n) is 13.0. The van der Waals surface area contributed by atoms with E-state index < -0.39 is 35.1 Å². The van der Waals surface area contributed by atoms with Crippen molar-refractivity contribution in [2.75, 3.05) is 5.32 Å². The predicted octanol–water partition coefficient (Wildman–Crippen LogP) is 6.99. The van der Waals surface area contributed by atoms with Crippen LogP contribution in [0.5, 0.6) is 0 Å². The molecule has 3 N–H and O–H groups in total. The number of aromatic nitrogens is 1. The molecule has 0 aliphatic heterocycles. The number of fused-ring (bicyclic) bond motifs is 1. The number of carbonyl (C=O) groups excluding carboxylic acids is 2. The maximum Gasteiger partial charge on any atom is 0.228 e. The minimum absolute atomic E-state index is 0.0523. The fraction of sp³-hybridized carbons (Fsp3) is 0.156. The van der Waals surface area contributed by atoms with Crippen molar-refractivity contribution in [1.29, 1.82) is 0 Å². The van der Waals surface area contributed by atoms with Gasteiger partial charge in [0.05, 0.1) is 17.8 Å². The first-order valence-corrected chi connectivity index (χ1v) is 13.0. The van der Waals surface area contributed by atoms with Gasteiger partial charge in [0.2, 0.25) is 11.8 Å². The second-order valence-electron chi connectivity index (χ2n) is 9.48. The van der Waals surface area contributed by atoms with E-state index in [4.69, 9.17) is 0 Å². The summed E-state index contributed by atoms with van der Waals surface area (Å²) in [4.78, 5) is 32.5. The first kappa shape index (κ1) is 30.0. The molecule has 10 heteroatoms. The van der Waals surface area contributed by atoms with Gasteiger partial charge in [-0.3, -0.25) is 14.6 Å². The van der Waals surface area contributed by atoms with Crippen molar-refractivity contribution in [1.82, 2.24) is 10.3 Å². The number of rotatable bonds is 9.